The molecule has 0 unspecified atom stereocenters. The van der Waals surface area contributed by atoms with Crippen molar-refractivity contribution >= 4 is 16.7 Å². The molecule has 0 aliphatic heterocycles. The first-order chi connectivity index (χ1) is 12.6. The summed E-state index contributed by atoms with van der Waals surface area (Å²) in [6.07, 6.45) is -0.902. The summed E-state index contributed by atoms with van der Waals surface area (Å²) in [6, 6.07) is 18.6. The van der Waals surface area contributed by atoms with Crippen molar-refractivity contribution in [2.24, 2.45) is 0 Å². The molecule has 0 aliphatic rings. The summed E-state index contributed by atoms with van der Waals surface area (Å²) in [5.74, 6) is 0.730. The minimum Gasteiger partial charge on any atom is -0.497 e. The molecular weight excluding hydrogens is 332 g/mol. The fourth-order valence-electron chi connectivity index (χ4n) is 2.87. The Labute approximate surface area is 151 Å². The summed E-state index contributed by atoms with van der Waals surface area (Å²) in [5.41, 5.74) is 0.708. The molecule has 3 rings (SSSR count). The van der Waals surface area contributed by atoms with Crippen molar-refractivity contribution in [2.45, 2.75) is 12.5 Å². The van der Waals surface area contributed by atoms with Gasteiger partial charge in [-0.3, -0.25) is 0 Å². The summed E-state index contributed by atoms with van der Waals surface area (Å²) in [4.78, 5) is 11.8. The third kappa shape index (κ3) is 3.72. The van der Waals surface area contributed by atoms with Gasteiger partial charge in [-0.25, -0.2) is 4.79 Å². The largest absolute Gasteiger partial charge is 0.497 e. The lowest BCUT2D eigenvalue weighted by atomic mass is 10.1. The van der Waals surface area contributed by atoms with Crippen LogP contribution in [0.15, 0.2) is 60.7 Å². The summed E-state index contributed by atoms with van der Waals surface area (Å²) < 4.78 is 16.4. The molecule has 0 bridgehead atoms. The predicted molar refractivity (Wildman–Crippen MR) is 99.2 cm³/mol. The number of carbonyl (C=O) groups is 1. The van der Waals surface area contributed by atoms with Gasteiger partial charge in [0.2, 0.25) is 0 Å². The van der Waals surface area contributed by atoms with Crippen molar-refractivity contribution in [1.29, 1.82) is 0 Å². The molecule has 1 atom stereocenters. The SMILES string of the molecule is COc1ccc(OC)c(C[C@@H](Oc2cccc3ccccc23)C(=O)O)c1. The third-order valence-electron chi connectivity index (χ3n) is 4.19. The molecule has 0 fully saturated rings. The highest BCUT2D eigenvalue weighted by atomic mass is 16.5. The summed E-state index contributed by atoms with van der Waals surface area (Å²) in [5, 5.41) is 11.5. The van der Waals surface area contributed by atoms with Gasteiger partial charge in [-0.1, -0.05) is 36.4 Å². The van der Waals surface area contributed by atoms with Crippen molar-refractivity contribution in [1.82, 2.24) is 0 Å². The minimum absolute atomic E-state index is 0.152. The molecule has 0 radical (unpaired) electrons. The number of aliphatic carboxylic acids is 1. The maximum absolute atomic E-state index is 11.8. The van der Waals surface area contributed by atoms with Gasteiger partial charge in [0.15, 0.2) is 6.10 Å². The van der Waals surface area contributed by atoms with Crippen LogP contribution in [0.3, 0.4) is 0 Å². The normalized spacial score (nSPS) is 11.8. The van der Waals surface area contributed by atoms with Crippen LogP contribution in [-0.4, -0.2) is 31.4 Å². The monoisotopic (exact) mass is 352 g/mol. The number of fused-ring (bicyclic) bond motifs is 1. The van der Waals surface area contributed by atoms with Crippen LogP contribution < -0.4 is 14.2 Å². The van der Waals surface area contributed by atoms with Gasteiger partial charge in [-0.2, -0.15) is 0 Å². The summed E-state index contributed by atoms with van der Waals surface area (Å²) >= 11 is 0. The maximum atomic E-state index is 11.8. The molecular formula is C21H20O5. The zero-order valence-corrected chi connectivity index (χ0v) is 14.6. The lowest BCUT2D eigenvalue weighted by Gasteiger charge is -2.18. The molecule has 5 nitrogen and oxygen atoms in total. The molecule has 0 aliphatic carbocycles. The standard InChI is InChI=1S/C21H20O5/c1-24-16-10-11-18(25-2)15(12-16)13-20(21(22)23)26-19-9-5-7-14-6-3-4-8-17(14)19/h3-12,20H,13H2,1-2H3,(H,22,23)/t20-/m1/s1. The Kier molecular flexibility index (Phi) is 5.27. The Bertz CT molecular complexity index is 914. The molecule has 3 aromatic rings. The van der Waals surface area contributed by atoms with E-state index in [1.54, 1.807) is 38.5 Å². The highest BCUT2D eigenvalue weighted by Gasteiger charge is 2.23. The average molecular weight is 352 g/mol. The molecule has 0 saturated carbocycles. The average Bonchev–Trinajstić information content (AvgIpc) is 2.67. The van der Waals surface area contributed by atoms with E-state index in [0.717, 1.165) is 10.8 Å². The van der Waals surface area contributed by atoms with Crippen LogP contribution in [0.2, 0.25) is 0 Å². The summed E-state index contributed by atoms with van der Waals surface area (Å²) in [6.45, 7) is 0. The topological polar surface area (TPSA) is 65.0 Å². The van der Waals surface area contributed by atoms with E-state index in [2.05, 4.69) is 0 Å². The van der Waals surface area contributed by atoms with Gasteiger partial charge in [0.25, 0.3) is 0 Å². The van der Waals surface area contributed by atoms with Crippen molar-refractivity contribution in [3.8, 4) is 17.2 Å². The molecule has 1 N–H and O–H groups in total. The molecule has 0 saturated heterocycles. The van der Waals surface area contributed by atoms with Crippen molar-refractivity contribution < 1.29 is 24.1 Å². The lowest BCUT2D eigenvalue weighted by Crippen LogP contribution is -2.29. The number of benzene rings is 3. The Hall–Kier alpha value is -3.21. The highest BCUT2D eigenvalue weighted by Crippen LogP contribution is 2.29. The van der Waals surface area contributed by atoms with Gasteiger partial charge < -0.3 is 19.3 Å². The second-order valence-corrected chi connectivity index (χ2v) is 5.80. The van der Waals surface area contributed by atoms with Crippen LogP contribution in [0.1, 0.15) is 5.56 Å². The maximum Gasteiger partial charge on any atom is 0.345 e. The second-order valence-electron chi connectivity index (χ2n) is 5.80. The van der Waals surface area contributed by atoms with Gasteiger partial charge in [0.1, 0.15) is 17.2 Å². The molecule has 0 heterocycles. The molecule has 3 aromatic carbocycles. The number of methoxy groups -OCH3 is 2. The predicted octanol–water partition coefficient (Wildman–Crippen LogP) is 3.93. The number of hydrogen-bond acceptors (Lipinski definition) is 4. The molecule has 134 valence electrons. The quantitative estimate of drug-likeness (QED) is 0.698. The van der Waals surface area contributed by atoms with Gasteiger partial charge >= 0.3 is 5.97 Å². The number of carboxylic acid groups (broad SMARTS) is 1. The fraction of sp³-hybridized carbons (Fsp3) is 0.190. The molecule has 0 aromatic heterocycles. The van der Waals surface area contributed by atoms with Crippen molar-refractivity contribution in [3.05, 3.63) is 66.2 Å². The van der Waals surface area contributed by atoms with Crippen LogP contribution in [0.5, 0.6) is 17.2 Å². The van der Waals surface area contributed by atoms with E-state index in [-0.39, 0.29) is 6.42 Å². The first kappa shape index (κ1) is 17.6. The molecule has 26 heavy (non-hydrogen) atoms. The van der Waals surface area contributed by atoms with Crippen molar-refractivity contribution in [3.63, 3.8) is 0 Å². The van der Waals surface area contributed by atoms with E-state index in [1.807, 2.05) is 36.4 Å². The molecule has 0 spiro atoms. The van der Waals surface area contributed by atoms with Crippen LogP contribution in [0.25, 0.3) is 10.8 Å². The van der Waals surface area contributed by atoms with Crippen LogP contribution in [-0.2, 0) is 11.2 Å². The van der Waals surface area contributed by atoms with E-state index in [4.69, 9.17) is 14.2 Å². The van der Waals surface area contributed by atoms with Gasteiger partial charge in [0, 0.05) is 17.4 Å². The third-order valence-corrected chi connectivity index (χ3v) is 4.19. The van der Waals surface area contributed by atoms with Gasteiger partial charge in [0.05, 0.1) is 14.2 Å². The van der Waals surface area contributed by atoms with Crippen molar-refractivity contribution in [2.75, 3.05) is 14.2 Å². The Morgan fingerprint density at radius 3 is 2.46 bits per heavy atom. The van der Waals surface area contributed by atoms with Crippen LogP contribution in [0, 0.1) is 0 Å². The van der Waals surface area contributed by atoms with E-state index in [9.17, 15) is 9.90 Å². The van der Waals surface area contributed by atoms with Crippen LogP contribution >= 0.6 is 0 Å². The summed E-state index contributed by atoms with van der Waals surface area (Å²) in [7, 11) is 3.11. The Morgan fingerprint density at radius 2 is 1.73 bits per heavy atom. The second kappa shape index (κ2) is 7.78. The van der Waals surface area contributed by atoms with E-state index in [0.29, 0.717) is 22.8 Å². The zero-order chi connectivity index (χ0) is 18.5. The molecule has 0 amide bonds. The minimum atomic E-state index is -1.05. The van der Waals surface area contributed by atoms with Gasteiger partial charge in [-0.05, 0) is 29.7 Å². The fourth-order valence-corrected chi connectivity index (χ4v) is 2.87. The first-order valence-corrected chi connectivity index (χ1v) is 8.20. The Morgan fingerprint density at radius 1 is 0.962 bits per heavy atom. The molecule has 5 heteroatoms. The van der Waals surface area contributed by atoms with E-state index < -0.39 is 12.1 Å². The Balaban J connectivity index is 1.92. The zero-order valence-electron chi connectivity index (χ0n) is 14.6. The van der Waals surface area contributed by atoms with E-state index in [1.165, 1.54) is 0 Å². The number of hydrogen-bond donors (Lipinski definition) is 1. The van der Waals surface area contributed by atoms with E-state index >= 15 is 0 Å². The number of rotatable bonds is 7. The number of carboxylic acids is 1. The first-order valence-electron chi connectivity index (χ1n) is 8.20. The smallest absolute Gasteiger partial charge is 0.345 e. The highest BCUT2D eigenvalue weighted by molar-refractivity contribution is 5.88. The number of ether oxygens (including phenoxy) is 3. The van der Waals surface area contributed by atoms with Gasteiger partial charge in [-0.15, -0.1) is 0 Å². The van der Waals surface area contributed by atoms with Crippen LogP contribution in [0.4, 0.5) is 0 Å². The lowest BCUT2D eigenvalue weighted by molar-refractivity contribution is -0.144.